The van der Waals surface area contributed by atoms with Gasteiger partial charge in [-0.25, -0.2) is 9.97 Å². The van der Waals surface area contributed by atoms with E-state index in [1.165, 1.54) is 0 Å². The predicted molar refractivity (Wildman–Crippen MR) is 62.4 cm³/mol. The minimum Gasteiger partial charge on any atom is -0.356 e. The molecular weight excluding hydrogens is 218 g/mol. The molecule has 0 N–H and O–H groups in total. The molecule has 0 aliphatic rings. The first-order chi connectivity index (χ1) is 6.69. The van der Waals surface area contributed by atoms with E-state index in [1.807, 2.05) is 19.4 Å². The first-order valence-corrected chi connectivity index (χ1v) is 6.09. The fraction of sp³-hybridized carbons (Fsp3) is 0.556. The molecule has 0 aromatic carbocycles. The summed E-state index contributed by atoms with van der Waals surface area (Å²) in [5, 5.41) is 0.976. The fourth-order valence-electron chi connectivity index (χ4n) is 0.964. The van der Waals surface area contributed by atoms with Crippen LogP contribution >= 0.6 is 23.4 Å². The Kier molecular flexibility index (Phi) is 4.48. The van der Waals surface area contributed by atoms with Gasteiger partial charge in [0.05, 0.1) is 0 Å². The van der Waals surface area contributed by atoms with Crippen LogP contribution in [0.2, 0.25) is 0 Å². The summed E-state index contributed by atoms with van der Waals surface area (Å²) >= 11 is 7.39. The van der Waals surface area contributed by atoms with Crippen molar-refractivity contribution in [2.75, 3.05) is 24.1 Å². The van der Waals surface area contributed by atoms with Crippen molar-refractivity contribution >= 4 is 29.2 Å². The van der Waals surface area contributed by atoms with Gasteiger partial charge in [0.25, 0.3) is 0 Å². The van der Waals surface area contributed by atoms with Crippen molar-refractivity contribution in [3.63, 3.8) is 0 Å². The summed E-state index contributed by atoms with van der Waals surface area (Å²) in [6.45, 7) is 2.06. The second-order valence-electron chi connectivity index (χ2n) is 3.03. The molecule has 1 heterocycles. The van der Waals surface area contributed by atoms with Crippen LogP contribution in [0.15, 0.2) is 17.4 Å². The van der Waals surface area contributed by atoms with Crippen molar-refractivity contribution in [2.45, 2.75) is 18.0 Å². The number of rotatable bonds is 4. The van der Waals surface area contributed by atoms with E-state index < -0.39 is 0 Å². The van der Waals surface area contributed by atoms with E-state index in [0.29, 0.717) is 5.88 Å². The topological polar surface area (TPSA) is 29.0 Å². The van der Waals surface area contributed by atoms with Crippen molar-refractivity contribution in [1.82, 2.24) is 9.97 Å². The Morgan fingerprint density at radius 2 is 2.29 bits per heavy atom. The average Bonchev–Trinajstić information content (AvgIpc) is 2.27. The lowest BCUT2D eigenvalue weighted by Gasteiger charge is -2.23. The van der Waals surface area contributed by atoms with Crippen molar-refractivity contribution in [2.24, 2.45) is 0 Å². The molecule has 0 aliphatic carbocycles. The summed E-state index contributed by atoms with van der Waals surface area (Å²) in [5.41, 5.74) is 0. The van der Waals surface area contributed by atoms with Crippen LogP contribution < -0.4 is 4.90 Å². The van der Waals surface area contributed by atoms with E-state index in [9.17, 15) is 0 Å². The zero-order chi connectivity index (χ0) is 10.6. The van der Waals surface area contributed by atoms with Gasteiger partial charge < -0.3 is 4.90 Å². The number of hydrogen-bond donors (Lipinski definition) is 0. The Hall–Kier alpha value is -0.480. The van der Waals surface area contributed by atoms with E-state index in [2.05, 4.69) is 21.8 Å². The largest absolute Gasteiger partial charge is 0.356 e. The Balaban J connectivity index is 2.83. The van der Waals surface area contributed by atoms with Crippen LogP contribution in [-0.4, -0.2) is 35.2 Å². The zero-order valence-corrected chi connectivity index (χ0v) is 10.1. The smallest absolute Gasteiger partial charge is 0.133 e. The Morgan fingerprint density at radius 3 is 2.86 bits per heavy atom. The number of aromatic nitrogens is 2. The molecule has 0 radical (unpaired) electrons. The van der Waals surface area contributed by atoms with Gasteiger partial charge in [-0.15, -0.1) is 23.4 Å². The highest BCUT2D eigenvalue weighted by atomic mass is 35.5. The van der Waals surface area contributed by atoms with Gasteiger partial charge in [0.2, 0.25) is 0 Å². The zero-order valence-electron chi connectivity index (χ0n) is 8.57. The van der Waals surface area contributed by atoms with Crippen molar-refractivity contribution in [3.05, 3.63) is 12.4 Å². The molecular formula is C9H14ClN3S. The third-order valence-electron chi connectivity index (χ3n) is 2.08. The molecule has 0 fully saturated rings. The lowest BCUT2D eigenvalue weighted by atomic mass is 10.3. The summed E-state index contributed by atoms with van der Waals surface area (Å²) in [6.07, 6.45) is 3.58. The molecule has 0 saturated heterocycles. The van der Waals surface area contributed by atoms with Gasteiger partial charge in [-0.05, 0) is 13.2 Å². The van der Waals surface area contributed by atoms with E-state index in [4.69, 9.17) is 11.6 Å². The maximum absolute atomic E-state index is 5.78. The van der Waals surface area contributed by atoms with Gasteiger partial charge in [-0.2, -0.15) is 0 Å². The Labute approximate surface area is 93.9 Å². The summed E-state index contributed by atoms with van der Waals surface area (Å²) < 4.78 is 0. The van der Waals surface area contributed by atoms with E-state index in [0.717, 1.165) is 10.8 Å². The quantitative estimate of drug-likeness (QED) is 0.452. The highest BCUT2D eigenvalue weighted by Gasteiger charge is 2.10. The van der Waals surface area contributed by atoms with Gasteiger partial charge in [0.1, 0.15) is 17.2 Å². The minimum atomic E-state index is 0.279. The van der Waals surface area contributed by atoms with Crippen LogP contribution in [0.1, 0.15) is 6.92 Å². The lowest BCUT2D eigenvalue weighted by molar-refractivity contribution is 0.744. The summed E-state index contributed by atoms with van der Waals surface area (Å²) in [7, 11) is 1.99. The predicted octanol–water partition coefficient (Wildman–Crippen LogP) is 2.26. The van der Waals surface area contributed by atoms with Gasteiger partial charge in [-0.1, -0.05) is 0 Å². The normalized spacial score (nSPS) is 12.6. The molecule has 14 heavy (non-hydrogen) atoms. The van der Waals surface area contributed by atoms with E-state index in [1.54, 1.807) is 18.1 Å². The Morgan fingerprint density at radius 1 is 1.57 bits per heavy atom. The highest BCUT2D eigenvalue weighted by molar-refractivity contribution is 7.98. The number of halogens is 1. The van der Waals surface area contributed by atoms with Crippen LogP contribution in [0, 0.1) is 0 Å². The second-order valence-corrected chi connectivity index (χ2v) is 4.17. The fourth-order valence-corrected chi connectivity index (χ4v) is 1.55. The van der Waals surface area contributed by atoms with E-state index in [-0.39, 0.29) is 6.04 Å². The van der Waals surface area contributed by atoms with Gasteiger partial charge in [0.15, 0.2) is 0 Å². The number of nitrogens with zero attached hydrogens (tertiary/aromatic N) is 3. The molecule has 0 amide bonds. The molecule has 0 bridgehead atoms. The molecule has 1 unspecified atom stereocenters. The van der Waals surface area contributed by atoms with Crippen LogP contribution in [0.5, 0.6) is 0 Å². The standard InChI is InChI=1S/C9H14ClN3S/c1-7(5-10)13(2)8-4-9(14-3)12-6-11-8/h4,6-7H,5H2,1-3H3. The molecule has 3 nitrogen and oxygen atoms in total. The molecule has 1 aromatic rings. The van der Waals surface area contributed by atoms with Gasteiger partial charge >= 0.3 is 0 Å². The molecule has 0 saturated carbocycles. The van der Waals surface area contributed by atoms with Crippen LogP contribution in [0.3, 0.4) is 0 Å². The van der Waals surface area contributed by atoms with Crippen molar-refractivity contribution < 1.29 is 0 Å². The van der Waals surface area contributed by atoms with Crippen LogP contribution in [0.4, 0.5) is 5.82 Å². The molecule has 0 spiro atoms. The lowest BCUT2D eigenvalue weighted by Crippen LogP contribution is -2.30. The van der Waals surface area contributed by atoms with Crippen molar-refractivity contribution in [3.8, 4) is 0 Å². The average molecular weight is 232 g/mol. The number of hydrogen-bond acceptors (Lipinski definition) is 4. The molecule has 0 aliphatic heterocycles. The summed E-state index contributed by atoms with van der Waals surface area (Å²) in [4.78, 5) is 10.4. The molecule has 5 heteroatoms. The van der Waals surface area contributed by atoms with Crippen LogP contribution in [0.25, 0.3) is 0 Å². The molecule has 1 aromatic heterocycles. The Bertz CT molecular complexity index is 295. The third-order valence-corrected chi connectivity index (χ3v) is 3.17. The number of alkyl halides is 1. The maximum atomic E-state index is 5.78. The molecule has 1 rings (SSSR count). The second kappa shape index (κ2) is 5.41. The number of thioether (sulfide) groups is 1. The van der Waals surface area contributed by atoms with Gasteiger partial charge in [-0.3, -0.25) is 0 Å². The first kappa shape index (κ1) is 11.6. The first-order valence-electron chi connectivity index (χ1n) is 4.34. The SMILES string of the molecule is CSc1cc(N(C)C(C)CCl)ncn1. The summed E-state index contributed by atoms with van der Waals surface area (Å²) in [6, 6.07) is 2.24. The summed E-state index contributed by atoms with van der Waals surface area (Å²) in [5.74, 6) is 1.51. The molecule has 1 atom stereocenters. The minimum absolute atomic E-state index is 0.279. The van der Waals surface area contributed by atoms with Gasteiger partial charge in [0, 0.05) is 25.0 Å². The third kappa shape index (κ3) is 2.75. The van der Waals surface area contributed by atoms with Crippen molar-refractivity contribution in [1.29, 1.82) is 0 Å². The highest BCUT2D eigenvalue weighted by Crippen LogP contribution is 2.17. The maximum Gasteiger partial charge on any atom is 0.133 e. The number of anilines is 1. The monoisotopic (exact) mass is 231 g/mol. The van der Waals surface area contributed by atoms with E-state index >= 15 is 0 Å². The van der Waals surface area contributed by atoms with Crippen LogP contribution in [-0.2, 0) is 0 Å². The molecule has 78 valence electrons.